The van der Waals surface area contributed by atoms with E-state index in [-0.39, 0.29) is 0 Å². The SMILES string of the molecule is CCNC(=NCCc1ccncc1C)NC1CCN(Cc2ccc(F)c(F)c2)CC1. The Labute approximate surface area is 177 Å². The third-order valence-corrected chi connectivity index (χ3v) is 5.45. The first-order valence-electron chi connectivity index (χ1n) is 10.7. The van der Waals surface area contributed by atoms with E-state index in [4.69, 9.17) is 4.99 Å². The van der Waals surface area contributed by atoms with Gasteiger partial charge in [0.1, 0.15) is 0 Å². The Balaban J connectivity index is 1.47. The lowest BCUT2D eigenvalue weighted by molar-refractivity contribution is 0.198. The van der Waals surface area contributed by atoms with Crippen LogP contribution in [0.1, 0.15) is 36.5 Å². The molecule has 1 aliphatic heterocycles. The van der Waals surface area contributed by atoms with Gasteiger partial charge in [0, 0.05) is 51.2 Å². The quantitative estimate of drug-likeness (QED) is 0.537. The van der Waals surface area contributed by atoms with Crippen molar-refractivity contribution in [3.05, 3.63) is 65.0 Å². The van der Waals surface area contributed by atoms with E-state index in [0.29, 0.717) is 12.6 Å². The normalized spacial score (nSPS) is 15.9. The van der Waals surface area contributed by atoms with Crippen LogP contribution in [0.5, 0.6) is 0 Å². The summed E-state index contributed by atoms with van der Waals surface area (Å²) in [5, 5.41) is 6.88. The van der Waals surface area contributed by atoms with Crippen molar-refractivity contribution < 1.29 is 8.78 Å². The van der Waals surface area contributed by atoms with Crippen LogP contribution in [0.2, 0.25) is 0 Å². The number of benzene rings is 1. The lowest BCUT2D eigenvalue weighted by Gasteiger charge is -2.33. The van der Waals surface area contributed by atoms with E-state index in [2.05, 4.69) is 34.4 Å². The molecule has 2 aromatic rings. The van der Waals surface area contributed by atoms with Crippen LogP contribution in [0.15, 0.2) is 41.7 Å². The van der Waals surface area contributed by atoms with Crippen molar-refractivity contribution in [2.24, 2.45) is 4.99 Å². The standard InChI is InChI=1S/C23H31F2N5/c1-3-27-23(28-11-7-19-6-10-26-15-17(19)2)29-20-8-12-30(13-9-20)16-18-4-5-21(24)22(25)14-18/h4-6,10,14-15,20H,3,7-9,11-13,16H2,1-2H3,(H2,27,28,29). The molecular weight excluding hydrogens is 384 g/mol. The average molecular weight is 416 g/mol. The summed E-state index contributed by atoms with van der Waals surface area (Å²) in [5.74, 6) is -0.725. The Morgan fingerprint density at radius 3 is 2.70 bits per heavy atom. The molecule has 0 radical (unpaired) electrons. The van der Waals surface area contributed by atoms with Crippen LogP contribution >= 0.6 is 0 Å². The monoisotopic (exact) mass is 415 g/mol. The maximum absolute atomic E-state index is 13.4. The molecular formula is C23H31F2N5. The minimum atomic E-state index is -0.795. The Bertz CT molecular complexity index is 847. The molecule has 0 bridgehead atoms. The molecule has 1 aromatic carbocycles. The van der Waals surface area contributed by atoms with Crippen LogP contribution in [0.25, 0.3) is 0 Å². The lowest BCUT2D eigenvalue weighted by Crippen LogP contribution is -2.48. The van der Waals surface area contributed by atoms with Gasteiger partial charge in [-0.3, -0.25) is 14.9 Å². The Morgan fingerprint density at radius 1 is 1.20 bits per heavy atom. The average Bonchev–Trinajstić information content (AvgIpc) is 2.74. The molecule has 1 aliphatic rings. The number of aryl methyl sites for hydroxylation is 1. The highest BCUT2D eigenvalue weighted by atomic mass is 19.2. The summed E-state index contributed by atoms with van der Waals surface area (Å²) in [6, 6.07) is 6.55. The van der Waals surface area contributed by atoms with Gasteiger partial charge < -0.3 is 10.6 Å². The van der Waals surface area contributed by atoms with E-state index in [1.807, 2.05) is 18.5 Å². The maximum Gasteiger partial charge on any atom is 0.191 e. The fraction of sp³-hybridized carbons (Fsp3) is 0.478. The lowest BCUT2D eigenvalue weighted by atomic mass is 10.0. The zero-order valence-corrected chi connectivity index (χ0v) is 17.8. The van der Waals surface area contributed by atoms with E-state index in [1.54, 1.807) is 6.07 Å². The summed E-state index contributed by atoms with van der Waals surface area (Å²) in [4.78, 5) is 11.1. The van der Waals surface area contributed by atoms with E-state index in [0.717, 1.165) is 57.0 Å². The molecule has 7 heteroatoms. The second kappa shape index (κ2) is 11.0. The van der Waals surface area contributed by atoms with Gasteiger partial charge >= 0.3 is 0 Å². The number of hydrogen-bond donors (Lipinski definition) is 2. The van der Waals surface area contributed by atoms with E-state index < -0.39 is 11.6 Å². The molecule has 30 heavy (non-hydrogen) atoms. The van der Waals surface area contributed by atoms with Crippen LogP contribution in [0.4, 0.5) is 8.78 Å². The number of halogens is 2. The van der Waals surface area contributed by atoms with E-state index in [1.165, 1.54) is 23.3 Å². The number of pyridine rings is 1. The number of aromatic nitrogens is 1. The van der Waals surface area contributed by atoms with Gasteiger partial charge in [0.2, 0.25) is 0 Å². The second-order valence-electron chi connectivity index (χ2n) is 7.76. The van der Waals surface area contributed by atoms with Gasteiger partial charge in [-0.2, -0.15) is 0 Å². The summed E-state index contributed by atoms with van der Waals surface area (Å²) in [5.41, 5.74) is 3.27. The molecule has 0 amide bonds. The largest absolute Gasteiger partial charge is 0.357 e. The third-order valence-electron chi connectivity index (χ3n) is 5.45. The van der Waals surface area contributed by atoms with Crippen LogP contribution in [-0.4, -0.2) is 48.1 Å². The van der Waals surface area contributed by atoms with Crippen molar-refractivity contribution in [3.8, 4) is 0 Å². The molecule has 0 atom stereocenters. The molecule has 0 aliphatic carbocycles. The fourth-order valence-corrected chi connectivity index (χ4v) is 3.72. The summed E-state index contributed by atoms with van der Waals surface area (Å²) in [6.45, 7) is 8.13. The number of guanidine groups is 1. The number of piperidine rings is 1. The zero-order chi connectivity index (χ0) is 21.3. The molecule has 0 saturated carbocycles. The predicted octanol–water partition coefficient (Wildman–Crippen LogP) is 3.43. The van der Waals surface area contributed by atoms with Crippen molar-refractivity contribution in [1.82, 2.24) is 20.5 Å². The molecule has 162 valence electrons. The first-order valence-corrected chi connectivity index (χ1v) is 10.7. The number of rotatable bonds is 7. The molecule has 0 spiro atoms. The minimum Gasteiger partial charge on any atom is -0.357 e. The Kier molecular flexibility index (Phi) is 8.13. The van der Waals surface area contributed by atoms with Gasteiger partial charge in [-0.1, -0.05) is 6.07 Å². The van der Waals surface area contributed by atoms with E-state index in [9.17, 15) is 8.78 Å². The van der Waals surface area contributed by atoms with Crippen LogP contribution in [0.3, 0.4) is 0 Å². The first kappa shape index (κ1) is 22.2. The maximum atomic E-state index is 13.4. The molecule has 2 heterocycles. The summed E-state index contributed by atoms with van der Waals surface area (Å²) in [7, 11) is 0. The van der Waals surface area contributed by atoms with Crippen molar-refractivity contribution in [3.63, 3.8) is 0 Å². The number of nitrogens with one attached hydrogen (secondary N) is 2. The highest BCUT2D eigenvalue weighted by molar-refractivity contribution is 5.80. The van der Waals surface area contributed by atoms with Crippen LogP contribution in [0, 0.1) is 18.6 Å². The first-order chi connectivity index (χ1) is 14.5. The number of likely N-dealkylation sites (tertiary alicyclic amines) is 1. The van der Waals surface area contributed by atoms with Gasteiger partial charge in [-0.25, -0.2) is 8.78 Å². The van der Waals surface area contributed by atoms with Crippen molar-refractivity contribution >= 4 is 5.96 Å². The second-order valence-corrected chi connectivity index (χ2v) is 7.76. The molecule has 1 fully saturated rings. The highest BCUT2D eigenvalue weighted by Gasteiger charge is 2.20. The minimum absolute atomic E-state index is 0.353. The topological polar surface area (TPSA) is 52.6 Å². The summed E-state index contributed by atoms with van der Waals surface area (Å²) < 4.78 is 26.5. The molecule has 0 unspecified atom stereocenters. The Morgan fingerprint density at radius 2 is 2.00 bits per heavy atom. The van der Waals surface area contributed by atoms with Gasteiger partial charge in [0.25, 0.3) is 0 Å². The van der Waals surface area contributed by atoms with Crippen molar-refractivity contribution in [1.29, 1.82) is 0 Å². The summed E-state index contributed by atoms with van der Waals surface area (Å²) >= 11 is 0. The van der Waals surface area contributed by atoms with Gasteiger partial charge in [0.15, 0.2) is 17.6 Å². The number of nitrogens with zero attached hydrogens (tertiary/aromatic N) is 3. The fourth-order valence-electron chi connectivity index (χ4n) is 3.72. The summed E-state index contributed by atoms with van der Waals surface area (Å²) in [6.07, 6.45) is 6.56. The van der Waals surface area contributed by atoms with Crippen LogP contribution < -0.4 is 10.6 Å². The van der Waals surface area contributed by atoms with Gasteiger partial charge in [-0.15, -0.1) is 0 Å². The molecule has 1 aromatic heterocycles. The smallest absolute Gasteiger partial charge is 0.191 e. The zero-order valence-electron chi connectivity index (χ0n) is 17.8. The van der Waals surface area contributed by atoms with Gasteiger partial charge in [-0.05, 0) is 68.0 Å². The highest BCUT2D eigenvalue weighted by Crippen LogP contribution is 2.16. The van der Waals surface area contributed by atoms with Gasteiger partial charge in [0.05, 0.1) is 0 Å². The van der Waals surface area contributed by atoms with Crippen molar-refractivity contribution in [2.75, 3.05) is 26.2 Å². The number of aliphatic imine (C=N–C) groups is 1. The molecule has 3 rings (SSSR count). The molecule has 1 saturated heterocycles. The van der Waals surface area contributed by atoms with Crippen molar-refractivity contribution in [2.45, 2.75) is 45.7 Å². The predicted molar refractivity (Wildman–Crippen MR) is 116 cm³/mol. The molecule has 2 N–H and O–H groups in total. The van der Waals surface area contributed by atoms with E-state index >= 15 is 0 Å². The Hall–Kier alpha value is -2.54. The molecule has 5 nitrogen and oxygen atoms in total. The van der Waals surface area contributed by atoms with Crippen LogP contribution in [-0.2, 0) is 13.0 Å². The third kappa shape index (κ3) is 6.49. The number of hydrogen-bond acceptors (Lipinski definition) is 3.